The molecule has 3 N–H and O–H groups in total. The van der Waals surface area contributed by atoms with E-state index in [1.807, 2.05) is 5.43 Å². The van der Waals surface area contributed by atoms with Gasteiger partial charge in [-0.1, -0.05) is 12.1 Å². The SMILES string of the molecule is Cc1cc(C(=O)NN)c(C)n1-c1ccccc1C(F)(F)F. The lowest BCUT2D eigenvalue weighted by Crippen LogP contribution is -2.30. The summed E-state index contributed by atoms with van der Waals surface area (Å²) in [6, 6.07) is 6.73. The molecule has 0 aliphatic rings. The smallest absolute Gasteiger partial charge is 0.317 e. The van der Waals surface area contributed by atoms with Gasteiger partial charge in [0.1, 0.15) is 0 Å². The van der Waals surface area contributed by atoms with Gasteiger partial charge in [-0.15, -0.1) is 0 Å². The first-order valence-electron chi connectivity index (χ1n) is 6.14. The second-order valence-corrected chi connectivity index (χ2v) is 4.61. The summed E-state index contributed by atoms with van der Waals surface area (Å²) in [7, 11) is 0. The molecule has 2 aromatic rings. The number of aromatic nitrogens is 1. The molecule has 0 bridgehead atoms. The van der Waals surface area contributed by atoms with E-state index in [2.05, 4.69) is 0 Å². The van der Waals surface area contributed by atoms with Crippen molar-refractivity contribution in [3.63, 3.8) is 0 Å². The Hall–Kier alpha value is -2.28. The number of nitrogens with two attached hydrogens (primary N) is 1. The number of para-hydroxylation sites is 1. The standard InChI is InChI=1S/C14H14F3N3O/c1-8-7-10(13(21)19-18)9(2)20(8)12-6-4-3-5-11(12)14(15,16)17/h3-7H,18H2,1-2H3,(H,19,21). The van der Waals surface area contributed by atoms with Crippen LogP contribution in [0, 0.1) is 13.8 Å². The van der Waals surface area contributed by atoms with E-state index < -0.39 is 17.6 Å². The molecular formula is C14H14F3N3O. The number of nitrogens with one attached hydrogen (secondary N) is 1. The van der Waals surface area contributed by atoms with Crippen molar-refractivity contribution in [2.45, 2.75) is 20.0 Å². The molecular weight excluding hydrogens is 283 g/mol. The Morgan fingerprint density at radius 2 is 1.86 bits per heavy atom. The summed E-state index contributed by atoms with van der Waals surface area (Å²) in [6.45, 7) is 3.21. The molecule has 0 saturated carbocycles. The molecule has 4 nitrogen and oxygen atoms in total. The molecule has 0 unspecified atom stereocenters. The predicted molar refractivity (Wildman–Crippen MR) is 71.9 cm³/mol. The first kappa shape index (κ1) is 15.1. The molecule has 1 heterocycles. The molecule has 1 amide bonds. The Balaban J connectivity index is 2.69. The number of halogens is 3. The highest BCUT2D eigenvalue weighted by Crippen LogP contribution is 2.35. The Morgan fingerprint density at radius 1 is 1.24 bits per heavy atom. The third kappa shape index (κ3) is 2.64. The van der Waals surface area contributed by atoms with Crippen molar-refractivity contribution in [2.24, 2.45) is 5.84 Å². The van der Waals surface area contributed by atoms with Gasteiger partial charge in [0.25, 0.3) is 5.91 Å². The van der Waals surface area contributed by atoms with Crippen LogP contribution in [0.3, 0.4) is 0 Å². The Morgan fingerprint density at radius 3 is 2.43 bits per heavy atom. The lowest BCUT2D eigenvalue weighted by Gasteiger charge is -2.16. The van der Waals surface area contributed by atoms with Gasteiger partial charge in [-0.05, 0) is 32.0 Å². The summed E-state index contributed by atoms with van der Waals surface area (Å²) in [4.78, 5) is 11.6. The molecule has 7 heteroatoms. The predicted octanol–water partition coefficient (Wildman–Crippen LogP) is 2.72. The number of alkyl halides is 3. The molecule has 2 rings (SSSR count). The van der Waals surface area contributed by atoms with Crippen molar-refractivity contribution in [2.75, 3.05) is 0 Å². The van der Waals surface area contributed by atoms with E-state index in [1.54, 1.807) is 13.8 Å². The van der Waals surface area contributed by atoms with Crippen LogP contribution in [-0.2, 0) is 6.18 Å². The number of carbonyl (C=O) groups excluding carboxylic acids is 1. The monoisotopic (exact) mass is 297 g/mol. The molecule has 112 valence electrons. The van der Waals surface area contributed by atoms with Crippen LogP contribution < -0.4 is 11.3 Å². The second-order valence-electron chi connectivity index (χ2n) is 4.61. The van der Waals surface area contributed by atoms with Crippen LogP contribution in [0.4, 0.5) is 13.2 Å². The van der Waals surface area contributed by atoms with Crippen molar-refractivity contribution >= 4 is 5.91 Å². The normalized spacial score (nSPS) is 11.5. The Labute approximate surface area is 119 Å². The Bertz CT molecular complexity index is 689. The molecule has 1 aromatic heterocycles. The minimum atomic E-state index is -4.48. The van der Waals surface area contributed by atoms with Crippen LogP contribution in [0.15, 0.2) is 30.3 Å². The average Bonchev–Trinajstić information content (AvgIpc) is 2.72. The topological polar surface area (TPSA) is 60.1 Å². The number of benzene rings is 1. The van der Waals surface area contributed by atoms with Crippen LogP contribution in [0.25, 0.3) is 5.69 Å². The highest BCUT2D eigenvalue weighted by Gasteiger charge is 2.34. The van der Waals surface area contributed by atoms with Gasteiger partial charge in [0.15, 0.2) is 0 Å². The fraction of sp³-hybridized carbons (Fsp3) is 0.214. The van der Waals surface area contributed by atoms with Gasteiger partial charge < -0.3 is 4.57 Å². The van der Waals surface area contributed by atoms with Gasteiger partial charge in [-0.25, -0.2) is 5.84 Å². The maximum atomic E-state index is 13.1. The molecule has 1 aromatic carbocycles. The van der Waals surface area contributed by atoms with Gasteiger partial charge in [0.05, 0.1) is 16.8 Å². The van der Waals surface area contributed by atoms with Crippen molar-refractivity contribution in [1.29, 1.82) is 0 Å². The van der Waals surface area contributed by atoms with E-state index in [1.165, 1.54) is 28.8 Å². The number of nitrogens with zero attached hydrogens (tertiary/aromatic N) is 1. The van der Waals surface area contributed by atoms with E-state index in [9.17, 15) is 18.0 Å². The van der Waals surface area contributed by atoms with Crippen LogP contribution in [0.1, 0.15) is 27.3 Å². The third-order valence-electron chi connectivity index (χ3n) is 3.26. The number of hydrazine groups is 1. The average molecular weight is 297 g/mol. The van der Waals surface area contributed by atoms with E-state index >= 15 is 0 Å². The number of hydrogen-bond acceptors (Lipinski definition) is 2. The van der Waals surface area contributed by atoms with Crippen molar-refractivity contribution < 1.29 is 18.0 Å². The number of amides is 1. The number of rotatable bonds is 2. The van der Waals surface area contributed by atoms with Gasteiger partial charge in [-0.3, -0.25) is 10.2 Å². The zero-order valence-electron chi connectivity index (χ0n) is 11.5. The number of carbonyl (C=O) groups is 1. The first-order valence-corrected chi connectivity index (χ1v) is 6.14. The molecule has 21 heavy (non-hydrogen) atoms. The minimum Gasteiger partial charge on any atom is -0.317 e. The van der Waals surface area contributed by atoms with E-state index in [0.29, 0.717) is 11.4 Å². The largest absolute Gasteiger partial charge is 0.418 e. The van der Waals surface area contributed by atoms with E-state index in [0.717, 1.165) is 6.07 Å². The summed E-state index contributed by atoms with van der Waals surface area (Å²) in [5, 5.41) is 0. The first-order chi connectivity index (χ1) is 9.77. The second kappa shape index (κ2) is 5.25. The number of hydrogen-bond donors (Lipinski definition) is 2. The lowest BCUT2D eigenvalue weighted by atomic mass is 10.1. The summed E-state index contributed by atoms with van der Waals surface area (Å²) in [6.07, 6.45) is -4.48. The summed E-state index contributed by atoms with van der Waals surface area (Å²) in [5.41, 5.74) is 2.36. The molecule has 0 radical (unpaired) electrons. The fourth-order valence-corrected chi connectivity index (χ4v) is 2.35. The molecule has 0 saturated heterocycles. The van der Waals surface area contributed by atoms with Gasteiger partial charge in [-0.2, -0.15) is 13.2 Å². The van der Waals surface area contributed by atoms with Crippen LogP contribution >= 0.6 is 0 Å². The summed E-state index contributed by atoms with van der Waals surface area (Å²) < 4.78 is 40.7. The Kier molecular flexibility index (Phi) is 3.78. The molecule has 0 atom stereocenters. The van der Waals surface area contributed by atoms with Crippen molar-refractivity contribution in [1.82, 2.24) is 9.99 Å². The minimum absolute atomic E-state index is 0.0175. The fourth-order valence-electron chi connectivity index (χ4n) is 2.35. The zero-order valence-corrected chi connectivity index (χ0v) is 11.5. The van der Waals surface area contributed by atoms with Gasteiger partial charge in [0, 0.05) is 11.4 Å². The maximum Gasteiger partial charge on any atom is 0.418 e. The molecule has 0 fully saturated rings. The highest BCUT2D eigenvalue weighted by molar-refractivity contribution is 5.95. The van der Waals surface area contributed by atoms with Crippen LogP contribution in [0.2, 0.25) is 0 Å². The molecule has 0 aliphatic heterocycles. The maximum absolute atomic E-state index is 13.1. The number of aryl methyl sites for hydroxylation is 1. The summed E-state index contributed by atoms with van der Waals surface area (Å²) >= 11 is 0. The van der Waals surface area contributed by atoms with Gasteiger partial charge in [0.2, 0.25) is 0 Å². The highest BCUT2D eigenvalue weighted by atomic mass is 19.4. The lowest BCUT2D eigenvalue weighted by molar-refractivity contribution is -0.137. The molecule has 0 spiro atoms. The zero-order chi connectivity index (χ0) is 15.8. The van der Waals surface area contributed by atoms with Crippen LogP contribution in [-0.4, -0.2) is 10.5 Å². The molecule has 0 aliphatic carbocycles. The quantitative estimate of drug-likeness (QED) is 0.508. The van der Waals surface area contributed by atoms with Crippen molar-refractivity contribution in [3.05, 3.63) is 52.8 Å². The van der Waals surface area contributed by atoms with Crippen molar-refractivity contribution in [3.8, 4) is 5.69 Å². The van der Waals surface area contributed by atoms with Crippen LogP contribution in [0.5, 0.6) is 0 Å². The van der Waals surface area contributed by atoms with E-state index in [4.69, 9.17) is 5.84 Å². The number of nitrogen functional groups attached to an aromatic ring is 1. The van der Waals surface area contributed by atoms with Gasteiger partial charge >= 0.3 is 6.18 Å². The summed E-state index contributed by atoms with van der Waals surface area (Å²) in [5.74, 6) is 4.54. The third-order valence-corrected chi connectivity index (χ3v) is 3.26. The van der Waals surface area contributed by atoms with E-state index in [-0.39, 0.29) is 11.3 Å².